The molecule has 2 aliphatic rings. The van der Waals surface area contributed by atoms with Crippen LogP contribution in [0.3, 0.4) is 0 Å². The van der Waals surface area contributed by atoms with Gasteiger partial charge in [-0.2, -0.15) is 0 Å². The number of phenolic OH excluding ortho intramolecular Hbond substituents is 1. The van der Waals surface area contributed by atoms with Crippen molar-refractivity contribution in [2.24, 2.45) is 10.4 Å². The third kappa shape index (κ3) is 7.52. The van der Waals surface area contributed by atoms with E-state index in [9.17, 15) is 9.90 Å². The Balaban J connectivity index is 0.000000215. The number of benzene rings is 3. The van der Waals surface area contributed by atoms with Gasteiger partial charge in [0.25, 0.3) is 5.91 Å². The normalized spacial score (nSPS) is 16.3. The number of phenols is 1. The van der Waals surface area contributed by atoms with E-state index in [0.29, 0.717) is 39.9 Å². The van der Waals surface area contributed by atoms with E-state index in [1.165, 1.54) is 12.1 Å². The van der Waals surface area contributed by atoms with Crippen molar-refractivity contribution in [2.75, 3.05) is 26.5 Å². The number of nitrogens with two attached hydrogens (primary N) is 1. The Kier molecular flexibility index (Phi) is 10.1. The Bertz CT molecular complexity index is 1440. The number of nitrogens with zero attached hydrogens (tertiary/aromatic N) is 2. The molecule has 5 rings (SSSR count). The second kappa shape index (κ2) is 13.7. The second-order valence-corrected chi connectivity index (χ2v) is 11.5. The van der Waals surface area contributed by atoms with Crippen LogP contribution in [0.25, 0.3) is 0 Å². The van der Waals surface area contributed by atoms with Crippen molar-refractivity contribution in [3.05, 3.63) is 60.2 Å². The number of aliphatic imine (C=N–C) groups is 1. The summed E-state index contributed by atoms with van der Waals surface area (Å²) in [5.74, 6) is 3.19. The molecule has 3 aromatic carbocycles. The predicted octanol–water partition coefficient (Wildman–Crippen LogP) is 7.38. The SMILES string of the molecule is CCCC(C)(C)C(C)Oc1cc2c(cc1OC)C(=O)N1CCCC1C=N2.COc1ccc(Oc2cc(O)ccc2N)cc1. The summed E-state index contributed by atoms with van der Waals surface area (Å²) in [4.78, 5) is 19.4. The number of carbonyl (C=O) groups is 1. The average Bonchev–Trinajstić information content (AvgIpc) is 3.42. The molecule has 2 heterocycles. The Morgan fingerprint density at radius 2 is 1.74 bits per heavy atom. The zero-order valence-electron chi connectivity index (χ0n) is 25.9. The Morgan fingerprint density at radius 3 is 2.42 bits per heavy atom. The van der Waals surface area contributed by atoms with Gasteiger partial charge in [0.1, 0.15) is 23.4 Å². The van der Waals surface area contributed by atoms with Crippen LogP contribution >= 0.6 is 0 Å². The molecule has 1 saturated heterocycles. The number of hydrogen-bond acceptors (Lipinski definition) is 8. The van der Waals surface area contributed by atoms with Gasteiger partial charge in [-0.3, -0.25) is 9.79 Å². The van der Waals surface area contributed by atoms with Crippen LogP contribution in [0.2, 0.25) is 0 Å². The van der Waals surface area contributed by atoms with Gasteiger partial charge in [-0.1, -0.05) is 27.2 Å². The highest BCUT2D eigenvalue weighted by Crippen LogP contribution is 2.40. The first-order valence-corrected chi connectivity index (χ1v) is 14.7. The molecule has 9 heteroatoms. The number of hydrogen-bond donors (Lipinski definition) is 2. The number of methoxy groups -OCH3 is 2. The van der Waals surface area contributed by atoms with E-state index in [2.05, 4.69) is 32.7 Å². The van der Waals surface area contributed by atoms with Crippen molar-refractivity contribution in [3.8, 4) is 34.5 Å². The molecule has 0 spiro atoms. The van der Waals surface area contributed by atoms with E-state index in [-0.39, 0.29) is 29.2 Å². The lowest BCUT2D eigenvalue weighted by Crippen LogP contribution is -2.35. The lowest BCUT2D eigenvalue weighted by molar-refractivity contribution is 0.0765. The first-order valence-electron chi connectivity index (χ1n) is 14.7. The Labute approximate surface area is 254 Å². The first-order chi connectivity index (χ1) is 20.6. The largest absolute Gasteiger partial charge is 0.508 e. The smallest absolute Gasteiger partial charge is 0.256 e. The number of rotatable bonds is 9. The highest BCUT2D eigenvalue weighted by atomic mass is 16.5. The number of nitrogen functional groups attached to an aromatic ring is 1. The zero-order chi connectivity index (χ0) is 31.1. The molecule has 0 aliphatic carbocycles. The van der Waals surface area contributed by atoms with Gasteiger partial charge < -0.3 is 34.7 Å². The maximum atomic E-state index is 12.9. The lowest BCUT2D eigenvalue weighted by Gasteiger charge is -2.32. The van der Waals surface area contributed by atoms with Gasteiger partial charge in [0, 0.05) is 30.3 Å². The van der Waals surface area contributed by atoms with E-state index < -0.39 is 0 Å². The molecule has 2 atom stereocenters. The monoisotopic (exact) mass is 589 g/mol. The number of carbonyl (C=O) groups excluding carboxylic acids is 1. The second-order valence-electron chi connectivity index (χ2n) is 11.5. The lowest BCUT2D eigenvalue weighted by atomic mass is 9.83. The first kappa shape index (κ1) is 31.5. The molecular weight excluding hydrogens is 546 g/mol. The molecule has 43 heavy (non-hydrogen) atoms. The maximum absolute atomic E-state index is 12.9. The minimum atomic E-state index is 0.0167. The van der Waals surface area contributed by atoms with Crippen molar-refractivity contribution in [1.29, 1.82) is 0 Å². The number of amides is 1. The Hall–Kier alpha value is -4.40. The van der Waals surface area contributed by atoms with Crippen LogP contribution in [0.4, 0.5) is 11.4 Å². The van der Waals surface area contributed by atoms with E-state index in [1.54, 1.807) is 50.6 Å². The number of anilines is 1. The maximum Gasteiger partial charge on any atom is 0.256 e. The molecular formula is C34H43N3O6. The third-order valence-corrected chi connectivity index (χ3v) is 8.04. The summed E-state index contributed by atoms with van der Waals surface area (Å²) in [6.45, 7) is 9.49. The van der Waals surface area contributed by atoms with Crippen LogP contribution in [0, 0.1) is 5.41 Å². The molecule has 2 aliphatic heterocycles. The summed E-state index contributed by atoms with van der Waals surface area (Å²) in [5.41, 5.74) is 7.51. The third-order valence-electron chi connectivity index (χ3n) is 8.04. The molecule has 0 radical (unpaired) electrons. The number of ether oxygens (including phenoxy) is 4. The molecule has 1 amide bonds. The molecule has 230 valence electrons. The fraction of sp³-hybridized carbons (Fsp3) is 0.412. The number of aromatic hydroxyl groups is 1. The molecule has 1 fully saturated rings. The molecule has 0 aromatic heterocycles. The van der Waals surface area contributed by atoms with Gasteiger partial charge in [-0.25, -0.2) is 0 Å². The van der Waals surface area contributed by atoms with Gasteiger partial charge in [-0.05, 0) is 68.7 Å². The highest BCUT2D eigenvalue weighted by Gasteiger charge is 2.33. The van der Waals surface area contributed by atoms with Gasteiger partial charge in [-0.15, -0.1) is 0 Å². The van der Waals surface area contributed by atoms with Crippen molar-refractivity contribution >= 4 is 23.5 Å². The molecule has 2 unspecified atom stereocenters. The Morgan fingerprint density at radius 1 is 1.02 bits per heavy atom. The predicted molar refractivity (Wildman–Crippen MR) is 170 cm³/mol. The summed E-state index contributed by atoms with van der Waals surface area (Å²) in [7, 11) is 3.21. The van der Waals surface area contributed by atoms with E-state index >= 15 is 0 Å². The van der Waals surface area contributed by atoms with Crippen molar-refractivity contribution in [3.63, 3.8) is 0 Å². The molecule has 9 nitrogen and oxygen atoms in total. The molecule has 3 N–H and O–H groups in total. The van der Waals surface area contributed by atoms with Crippen molar-refractivity contribution < 1.29 is 28.8 Å². The molecule has 0 saturated carbocycles. The van der Waals surface area contributed by atoms with Crippen molar-refractivity contribution in [1.82, 2.24) is 4.90 Å². The molecule has 3 aromatic rings. The topological polar surface area (TPSA) is 116 Å². The quantitative estimate of drug-likeness (QED) is 0.198. The van der Waals surface area contributed by atoms with Crippen LogP contribution in [0.5, 0.6) is 34.5 Å². The van der Waals surface area contributed by atoms with Crippen LogP contribution in [0.1, 0.15) is 63.7 Å². The summed E-state index contributed by atoms with van der Waals surface area (Å²) in [6, 6.07) is 15.4. The summed E-state index contributed by atoms with van der Waals surface area (Å²) in [6.07, 6.45) is 6.11. The average molecular weight is 590 g/mol. The summed E-state index contributed by atoms with van der Waals surface area (Å²) < 4.78 is 22.4. The van der Waals surface area contributed by atoms with Crippen LogP contribution in [0.15, 0.2) is 59.6 Å². The van der Waals surface area contributed by atoms with Gasteiger partial charge in [0.2, 0.25) is 0 Å². The minimum Gasteiger partial charge on any atom is -0.508 e. The van der Waals surface area contributed by atoms with E-state index in [0.717, 1.165) is 38.0 Å². The van der Waals surface area contributed by atoms with E-state index in [1.807, 2.05) is 17.2 Å². The van der Waals surface area contributed by atoms with Crippen molar-refractivity contribution in [2.45, 2.75) is 65.5 Å². The molecule has 0 bridgehead atoms. The number of fused-ring (bicyclic) bond motifs is 2. The summed E-state index contributed by atoms with van der Waals surface area (Å²) >= 11 is 0. The fourth-order valence-electron chi connectivity index (χ4n) is 5.18. The fourth-order valence-corrected chi connectivity index (χ4v) is 5.18. The van der Waals surface area contributed by atoms with Gasteiger partial charge in [0.15, 0.2) is 17.2 Å². The van der Waals surface area contributed by atoms with Crippen LogP contribution in [-0.2, 0) is 0 Å². The highest BCUT2D eigenvalue weighted by molar-refractivity contribution is 6.03. The van der Waals surface area contributed by atoms with Gasteiger partial charge >= 0.3 is 0 Å². The van der Waals surface area contributed by atoms with E-state index in [4.69, 9.17) is 24.7 Å². The zero-order valence-corrected chi connectivity index (χ0v) is 25.9. The summed E-state index contributed by atoms with van der Waals surface area (Å²) in [5, 5.41) is 9.34. The minimum absolute atomic E-state index is 0.0167. The van der Waals surface area contributed by atoms with Gasteiger partial charge in [0.05, 0.1) is 37.2 Å². The van der Waals surface area contributed by atoms with Crippen LogP contribution < -0.4 is 24.7 Å². The standard InChI is InChI=1S/C21H30N2O3.C13H13NO3/c1-6-9-21(3,4)14(2)26-19-12-17-16(11-18(19)25-5)20(24)23-10-7-8-15(23)13-22-17;1-16-10-3-5-11(6-4-10)17-13-8-9(15)2-7-12(13)14/h11-15H,6-10H2,1-5H3;2-8,15H,14H2,1H3. The van der Waals surface area contributed by atoms with Crippen LogP contribution in [-0.4, -0.2) is 55.0 Å².